The summed E-state index contributed by atoms with van der Waals surface area (Å²) in [5.74, 6) is -0.196. The number of esters is 1. The van der Waals surface area contributed by atoms with Crippen molar-refractivity contribution in [2.45, 2.75) is 38.3 Å². The van der Waals surface area contributed by atoms with Gasteiger partial charge in [0, 0.05) is 0 Å². The Bertz CT molecular complexity index is 876. The summed E-state index contributed by atoms with van der Waals surface area (Å²) >= 11 is 11.6. The van der Waals surface area contributed by atoms with E-state index in [0.29, 0.717) is 17.0 Å². The van der Waals surface area contributed by atoms with Crippen molar-refractivity contribution in [3.8, 4) is 0 Å². The summed E-state index contributed by atoms with van der Waals surface area (Å²) in [5.41, 5.74) is 1.25. The molecule has 136 valence electrons. The molecule has 0 unspecified atom stereocenters. The molecule has 0 aliphatic heterocycles. The number of benzene rings is 1. The molecular formula is C15H16Cl2N2O5S. The maximum atomic E-state index is 12.3. The lowest BCUT2D eigenvalue weighted by molar-refractivity contribution is -0.146. The van der Waals surface area contributed by atoms with E-state index in [-0.39, 0.29) is 21.5 Å². The zero-order valence-electron chi connectivity index (χ0n) is 13.7. The topological polar surface area (TPSA) is 98.5 Å². The standard InChI is InChI=1S/C15H16Cl2N2O5S/c1-8-12(10(3)24-18-8)7-23-15(20)9(2)19-25(21,22)11-4-5-13(16)14(17)6-11/h4-6,9,19H,7H2,1-3H3/t9-/m0/s1. The van der Waals surface area contributed by atoms with Crippen LogP contribution in [-0.4, -0.2) is 25.6 Å². The van der Waals surface area contributed by atoms with Crippen molar-refractivity contribution in [2.75, 3.05) is 0 Å². The summed E-state index contributed by atoms with van der Waals surface area (Å²) in [6.45, 7) is 4.74. The van der Waals surface area contributed by atoms with Crippen LogP contribution in [0.4, 0.5) is 0 Å². The first kappa shape index (κ1) is 19.7. The Hall–Kier alpha value is -1.61. The van der Waals surface area contributed by atoms with Crippen LogP contribution in [0.2, 0.25) is 10.0 Å². The summed E-state index contributed by atoms with van der Waals surface area (Å²) in [5, 5.41) is 4.08. The average molecular weight is 407 g/mol. The van der Waals surface area contributed by atoms with Crippen LogP contribution in [-0.2, 0) is 26.2 Å². The van der Waals surface area contributed by atoms with Crippen LogP contribution < -0.4 is 4.72 Å². The molecule has 1 N–H and O–H groups in total. The summed E-state index contributed by atoms with van der Waals surface area (Å²) in [6, 6.07) is 2.76. The molecule has 1 atom stereocenters. The van der Waals surface area contributed by atoms with E-state index in [0.717, 1.165) is 0 Å². The average Bonchev–Trinajstić information content (AvgIpc) is 2.85. The maximum absolute atomic E-state index is 12.3. The third-order valence-electron chi connectivity index (χ3n) is 3.43. The molecule has 1 aromatic carbocycles. The smallest absolute Gasteiger partial charge is 0.324 e. The number of halogens is 2. The van der Waals surface area contributed by atoms with Crippen LogP contribution in [0.15, 0.2) is 27.6 Å². The number of hydrogen-bond donors (Lipinski definition) is 1. The van der Waals surface area contributed by atoms with E-state index in [1.165, 1.54) is 25.1 Å². The van der Waals surface area contributed by atoms with Crippen molar-refractivity contribution in [2.24, 2.45) is 0 Å². The van der Waals surface area contributed by atoms with Gasteiger partial charge in [-0.25, -0.2) is 8.42 Å². The third-order valence-corrected chi connectivity index (χ3v) is 5.70. The molecule has 0 spiro atoms. The highest BCUT2D eigenvalue weighted by Gasteiger charge is 2.24. The lowest BCUT2D eigenvalue weighted by Gasteiger charge is -2.14. The summed E-state index contributed by atoms with van der Waals surface area (Å²) in [6.07, 6.45) is 0. The Balaban J connectivity index is 2.03. The highest BCUT2D eigenvalue weighted by molar-refractivity contribution is 7.89. The SMILES string of the molecule is Cc1noc(C)c1COC(=O)[C@H](C)NS(=O)(=O)c1ccc(Cl)c(Cl)c1. The van der Waals surface area contributed by atoms with Gasteiger partial charge in [-0.15, -0.1) is 0 Å². The number of aryl methyl sites for hydroxylation is 2. The van der Waals surface area contributed by atoms with E-state index in [1.54, 1.807) is 13.8 Å². The maximum Gasteiger partial charge on any atom is 0.324 e. The molecule has 2 aromatic rings. The molecule has 1 heterocycles. The number of aromatic nitrogens is 1. The second kappa shape index (κ2) is 7.74. The minimum Gasteiger partial charge on any atom is -0.459 e. The quantitative estimate of drug-likeness (QED) is 0.740. The molecule has 0 radical (unpaired) electrons. The van der Waals surface area contributed by atoms with Crippen LogP contribution in [0.25, 0.3) is 0 Å². The van der Waals surface area contributed by atoms with Gasteiger partial charge in [-0.3, -0.25) is 4.79 Å². The second-order valence-electron chi connectivity index (χ2n) is 5.33. The van der Waals surface area contributed by atoms with E-state index < -0.39 is 22.0 Å². The molecule has 0 saturated heterocycles. The van der Waals surface area contributed by atoms with E-state index >= 15 is 0 Å². The van der Waals surface area contributed by atoms with Gasteiger partial charge in [0.25, 0.3) is 0 Å². The van der Waals surface area contributed by atoms with Crippen LogP contribution in [0.5, 0.6) is 0 Å². The Labute approximate surface area is 155 Å². The molecule has 0 fully saturated rings. The number of rotatable bonds is 6. The number of sulfonamides is 1. The molecular weight excluding hydrogens is 391 g/mol. The van der Waals surface area contributed by atoms with Gasteiger partial charge in [0.15, 0.2) is 0 Å². The van der Waals surface area contributed by atoms with Gasteiger partial charge in [0.1, 0.15) is 18.4 Å². The van der Waals surface area contributed by atoms with Crippen molar-refractivity contribution >= 4 is 39.2 Å². The van der Waals surface area contributed by atoms with Crippen LogP contribution in [0, 0.1) is 13.8 Å². The lowest BCUT2D eigenvalue weighted by Crippen LogP contribution is -2.39. The molecule has 0 aliphatic carbocycles. The molecule has 0 saturated carbocycles. The Morgan fingerprint density at radius 2 is 2.00 bits per heavy atom. The zero-order valence-corrected chi connectivity index (χ0v) is 16.0. The Morgan fingerprint density at radius 3 is 2.56 bits per heavy atom. The molecule has 0 aliphatic rings. The van der Waals surface area contributed by atoms with Crippen LogP contribution >= 0.6 is 23.2 Å². The fourth-order valence-corrected chi connectivity index (χ4v) is 3.55. The molecule has 25 heavy (non-hydrogen) atoms. The van der Waals surface area contributed by atoms with E-state index in [9.17, 15) is 13.2 Å². The van der Waals surface area contributed by atoms with Crippen molar-refractivity contribution in [3.05, 3.63) is 45.3 Å². The summed E-state index contributed by atoms with van der Waals surface area (Å²) in [7, 11) is -3.96. The van der Waals surface area contributed by atoms with Gasteiger partial charge in [0.05, 0.1) is 26.2 Å². The monoisotopic (exact) mass is 406 g/mol. The minimum absolute atomic E-state index is 0.0567. The van der Waals surface area contributed by atoms with Crippen molar-refractivity contribution in [1.82, 2.24) is 9.88 Å². The van der Waals surface area contributed by atoms with Crippen molar-refractivity contribution in [3.63, 3.8) is 0 Å². The highest BCUT2D eigenvalue weighted by Crippen LogP contribution is 2.24. The molecule has 2 rings (SSSR count). The van der Waals surface area contributed by atoms with E-state index in [1.807, 2.05) is 0 Å². The first-order valence-electron chi connectivity index (χ1n) is 7.17. The van der Waals surface area contributed by atoms with Crippen LogP contribution in [0.3, 0.4) is 0 Å². The second-order valence-corrected chi connectivity index (χ2v) is 7.86. The Morgan fingerprint density at radius 1 is 1.32 bits per heavy atom. The first-order chi connectivity index (χ1) is 11.6. The van der Waals surface area contributed by atoms with Gasteiger partial charge in [-0.1, -0.05) is 28.4 Å². The first-order valence-corrected chi connectivity index (χ1v) is 9.41. The summed E-state index contributed by atoms with van der Waals surface area (Å²) < 4.78 is 36.9. The normalized spacial score (nSPS) is 12.8. The highest BCUT2D eigenvalue weighted by atomic mass is 35.5. The number of nitrogens with zero attached hydrogens (tertiary/aromatic N) is 1. The number of nitrogens with one attached hydrogen (secondary N) is 1. The molecule has 1 aromatic heterocycles. The molecule has 10 heteroatoms. The van der Waals surface area contributed by atoms with Crippen molar-refractivity contribution < 1.29 is 22.5 Å². The van der Waals surface area contributed by atoms with Gasteiger partial charge in [-0.05, 0) is 39.0 Å². The van der Waals surface area contributed by atoms with Gasteiger partial charge >= 0.3 is 5.97 Å². The Kier molecular flexibility index (Phi) is 6.10. The number of carbonyl (C=O) groups excluding carboxylic acids is 1. The molecule has 7 nitrogen and oxygen atoms in total. The number of hydrogen-bond acceptors (Lipinski definition) is 6. The van der Waals surface area contributed by atoms with Gasteiger partial charge < -0.3 is 9.26 Å². The predicted molar refractivity (Wildman–Crippen MR) is 92.0 cm³/mol. The largest absolute Gasteiger partial charge is 0.459 e. The number of carbonyl (C=O) groups is 1. The predicted octanol–water partition coefficient (Wildman–Crippen LogP) is 3.01. The van der Waals surface area contributed by atoms with E-state index in [2.05, 4.69) is 9.88 Å². The zero-order chi connectivity index (χ0) is 18.8. The third kappa shape index (κ3) is 4.72. The fraction of sp³-hybridized carbons (Fsp3) is 0.333. The van der Waals surface area contributed by atoms with Crippen LogP contribution in [0.1, 0.15) is 23.9 Å². The lowest BCUT2D eigenvalue weighted by atomic mass is 10.2. The summed E-state index contributed by atoms with van der Waals surface area (Å²) in [4.78, 5) is 11.9. The molecule has 0 bridgehead atoms. The van der Waals surface area contributed by atoms with Gasteiger partial charge in [0.2, 0.25) is 10.0 Å². The molecule has 0 amide bonds. The number of ether oxygens (including phenoxy) is 1. The van der Waals surface area contributed by atoms with E-state index in [4.69, 9.17) is 32.5 Å². The fourth-order valence-electron chi connectivity index (χ4n) is 1.97. The van der Waals surface area contributed by atoms with Gasteiger partial charge in [-0.2, -0.15) is 4.72 Å². The van der Waals surface area contributed by atoms with Crippen molar-refractivity contribution in [1.29, 1.82) is 0 Å². The minimum atomic E-state index is -3.96.